The highest BCUT2D eigenvalue weighted by Gasteiger charge is 1.96. The maximum Gasteiger partial charge on any atom is 0.0702 e. The van der Waals surface area contributed by atoms with Crippen molar-refractivity contribution in [3.05, 3.63) is 60.1 Å². The number of hydrogen-bond donors (Lipinski definition) is 1. The first-order valence-corrected chi connectivity index (χ1v) is 4.89. The van der Waals surface area contributed by atoms with Gasteiger partial charge in [0.05, 0.1) is 5.69 Å². The normalized spacial score (nSPS) is 11.7. The molecule has 1 aromatic rings. The van der Waals surface area contributed by atoms with E-state index in [0.717, 1.165) is 11.3 Å². The lowest BCUT2D eigenvalue weighted by Crippen LogP contribution is -1.86. The second-order valence-electron chi connectivity index (χ2n) is 3.44. The van der Waals surface area contributed by atoms with Crippen LogP contribution in [-0.2, 0) is 0 Å². The fourth-order valence-electron chi connectivity index (χ4n) is 1.12. The first kappa shape index (κ1) is 11.2. The Morgan fingerprint density at radius 3 is 2.60 bits per heavy atom. The Labute approximate surface area is 90.8 Å². The van der Waals surface area contributed by atoms with Crippen LogP contribution in [0.4, 0.5) is 0 Å². The Kier molecular flexibility index (Phi) is 4.35. The molecule has 1 aromatic heterocycles. The third kappa shape index (κ3) is 3.81. The molecule has 0 atom stereocenters. The van der Waals surface area contributed by atoms with E-state index < -0.39 is 0 Å². The SMILES string of the molecule is CC(C)=C/C=C(\C=C/N)c1ccccn1. The number of rotatable bonds is 3. The van der Waals surface area contributed by atoms with Gasteiger partial charge >= 0.3 is 0 Å². The van der Waals surface area contributed by atoms with Crippen LogP contribution in [-0.4, -0.2) is 4.98 Å². The highest BCUT2D eigenvalue weighted by molar-refractivity contribution is 5.72. The van der Waals surface area contributed by atoms with Crippen molar-refractivity contribution in [2.45, 2.75) is 13.8 Å². The van der Waals surface area contributed by atoms with Gasteiger partial charge in [-0.1, -0.05) is 23.8 Å². The zero-order valence-electron chi connectivity index (χ0n) is 9.14. The molecule has 1 heterocycles. The van der Waals surface area contributed by atoms with Crippen LogP contribution in [0.5, 0.6) is 0 Å². The van der Waals surface area contributed by atoms with E-state index in [-0.39, 0.29) is 0 Å². The van der Waals surface area contributed by atoms with Gasteiger partial charge in [0, 0.05) is 11.8 Å². The molecule has 1 rings (SSSR count). The highest BCUT2D eigenvalue weighted by Crippen LogP contribution is 2.12. The third-order valence-corrected chi connectivity index (χ3v) is 1.83. The van der Waals surface area contributed by atoms with Crippen LogP contribution < -0.4 is 5.73 Å². The van der Waals surface area contributed by atoms with E-state index in [1.165, 1.54) is 11.8 Å². The predicted molar refractivity (Wildman–Crippen MR) is 65.0 cm³/mol. The summed E-state index contributed by atoms with van der Waals surface area (Å²) in [5.41, 5.74) is 8.59. The Hall–Kier alpha value is -1.83. The summed E-state index contributed by atoms with van der Waals surface area (Å²) in [6, 6.07) is 5.82. The van der Waals surface area contributed by atoms with Crippen molar-refractivity contribution in [1.29, 1.82) is 0 Å². The van der Waals surface area contributed by atoms with E-state index in [9.17, 15) is 0 Å². The summed E-state index contributed by atoms with van der Waals surface area (Å²) < 4.78 is 0. The molecule has 0 fully saturated rings. The minimum absolute atomic E-state index is 0.928. The number of aromatic nitrogens is 1. The number of hydrogen-bond acceptors (Lipinski definition) is 2. The van der Waals surface area contributed by atoms with Gasteiger partial charge in [-0.2, -0.15) is 0 Å². The van der Waals surface area contributed by atoms with Crippen LogP contribution in [0.3, 0.4) is 0 Å². The molecule has 15 heavy (non-hydrogen) atoms. The van der Waals surface area contributed by atoms with E-state index in [1.807, 2.05) is 36.4 Å². The monoisotopic (exact) mass is 200 g/mol. The molecule has 0 aliphatic heterocycles. The molecule has 2 nitrogen and oxygen atoms in total. The second-order valence-corrected chi connectivity index (χ2v) is 3.44. The topological polar surface area (TPSA) is 38.9 Å². The largest absolute Gasteiger partial charge is 0.405 e. The summed E-state index contributed by atoms with van der Waals surface area (Å²) in [6.07, 6.45) is 9.21. The quantitative estimate of drug-likeness (QED) is 0.762. The number of allylic oxidation sites excluding steroid dienone is 5. The van der Waals surface area contributed by atoms with Crippen molar-refractivity contribution in [2.24, 2.45) is 5.73 Å². The Bertz CT molecular complexity index is 382. The van der Waals surface area contributed by atoms with Gasteiger partial charge in [-0.05, 0) is 38.3 Å². The maximum atomic E-state index is 5.40. The predicted octanol–water partition coefficient (Wildman–Crippen LogP) is 2.90. The first-order chi connectivity index (χ1) is 7.24. The van der Waals surface area contributed by atoms with E-state index >= 15 is 0 Å². The lowest BCUT2D eigenvalue weighted by molar-refractivity contribution is 1.28. The second kappa shape index (κ2) is 5.81. The van der Waals surface area contributed by atoms with Crippen LogP contribution >= 0.6 is 0 Å². The molecular weight excluding hydrogens is 184 g/mol. The molecule has 0 aliphatic carbocycles. The summed E-state index contributed by atoms with van der Waals surface area (Å²) in [5, 5.41) is 0. The molecule has 0 bridgehead atoms. The van der Waals surface area contributed by atoms with Crippen molar-refractivity contribution >= 4 is 5.57 Å². The van der Waals surface area contributed by atoms with Gasteiger partial charge in [-0.3, -0.25) is 4.98 Å². The first-order valence-electron chi connectivity index (χ1n) is 4.89. The summed E-state index contributed by atoms with van der Waals surface area (Å²) in [5.74, 6) is 0. The molecule has 0 radical (unpaired) electrons. The van der Waals surface area contributed by atoms with Crippen LogP contribution in [0.1, 0.15) is 19.5 Å². The molecule has 0 saturated carbocycles. The lowest BCUT2D eigenvalue weighted by atomic mass is 10.1. The third-order valence-electron chi connectivity index (χ3n) is 1.83. The van der Waals surface area contributed by atoms with Crippen LogP contribution in [0.15, 0.2) is 54.4 Å². The molecule has 0 aromatic carbocycles. The molecule has 0 unspecified atom stereocenters. The summed E-state index contributed by atoms with van der Waals surface area (Å²) in [6.45, 7) is 4.11. The van der Waals surface area contributed by atoms with Crippen molar-refractivity contribution in [3.63, 3.8) is 0 Å². The van der Waals surface area contributed by atoms with Gasteiger partial charge in [-0.15, -0.1) is 0 Å². The molecule has 0 saturated heterocycles. The van der Waals surface area contributed by atoms with Gasteiger partial charge in [-0.25, -0.2) is 0 Å². The van der Waals surface area contributed by atoms with Crippen LogP contribution in [0.25, 0.3) is 5.57 Å². The molecule has 2 N–H and O–H groups in total. The molecule has 0 amide bonds. The van der Waals surface area contributed by atoms with E-state index in [2.05, 4.69) is 18.8 Å². The highest BCUT2D eigenvalue weighted by atomic mass is 14.7. The number of nitrogens with two attached hydrogens (primary N) is 1. The van der Waals surface area contributed by atoms with Gasteiger partial charge in [0.25, 0.3) is 0 Å². The zero-order valence-corrected chi connectivity index (χ0v) is 9.14. The van der Waals surface area contributed by atoms with E-state index in [0.29, 0.717) is 0 Å². The molecule has 2 heteroatoms. The van der Waals surface area contributed by atoms with E-state index in [4.69, 9.17) is 5.73 Å². The van der Waals surface area contributed by atoms with Gasteiger partial charge in [0.15, 0.2) is 0 Å². The summed E-state index contributed by atoms with van der Waals surface area (Å²) >= 11 is 0. The molecular formula is C13H16N2. The van der Waals surface area contributed by atoms with Crippen molar-refractivity contribution in [3.8, 4) is 0 Å². The minimum Gasteiger partial charge on any atom is -0.405 e. The average molecular weight is 200 g/mol. The molecule has 78 valence electrons. The lowest BCUT2D eigenvalue weighted by Gasteiger charge is -1.99. The number of pyridine rings is 1. The number of nitrogens with zero attached hydrogens (tertiary/aromatic N) is 1. The van der Waals surface area contributed by atoms with Gasteiger partial charge in [0.1, 0.15) is 0 Å². The van der Waals surface area contributed by atoms with Crippen molar-refractivity contribution in [1.82, 2.24) is 4.98 Å². The standard InChI is InChI=1S/C13H16N2/c1-11(2)6-7-12(8-9-14)13-5-3-4-10-15-13/h3-10H,14H2,1-2H3/b9-8-,12-7+. The Morgan fingerprint density at radius 1 is 1.27 bits per heavy atom. The summed E-state index contributed by atoms with van der Waals surface area (Å²) in [7, 11) is 0. The average Bonchev–Trinajstić information content (AvgIpc) is 2.25. The smallest absolute Gasteiger partial charge is 0.0702 e. The van der Waals surface area contributed by atoms with Gasteiger partial charge < -0.3 is 5.73 Å². The zero-order chi connectivity index (χ0) is 11.1. The maximum absolute atomic E-state index is 5.40. The van der Waals surface area contributed by atoms with Gasteiger partial charge in [0.2, 0.25) is 0 Å². The molecule has 0 aliphatic rings. The van der Waals surface area contributed by atoms with Crippen LogP contribution in [0, 0.1) is 0 Å². The van der Waals surface area contributed by atoms with Crippen molar-refractivity contribution < 1.29 is 0 Å². The van der Waals surface area contributed by atoms with Crippen molar-refractivity contribution in [2.75, 3.05) is 0 Å². The summed E-state index contributed by atoms with van der Waals surface area (Å²) in [4.78, 5) is 4.27. The van der Waals surface area contributed by atoms with E-state index in [1.54, 1.807) is 6.20 Å². The van der Waals surface area contributed by atoms with Crippen LogP contribution in [0.2, 0.25) is 0 Å². The minimum atomic E-state index is 0.928. The fraction of sp³-hybridized carbons (Fsp3) is 0.154. The molecule has 0 spiro atoms. The fourth-order valence-corrected chi connectivity index (χ4v) is 1.12. The Balaban J connectivity index is 3.04. The Morgan fingerprint density at radius 2 is 2.07 bits per heavy atom.